The predicted octanol–water partition coefficient (Wildman–Crippen LogP) is 3.00. The van der Waals surface area contributed by atoms with Crippen LogP contribution in [-0.4, -0.2) is 34.2 Å². The number of hydrogen-bond donors (Lipinski definition) is 0. The maximum absolute atomic E-state index is 5.48. The van der Waals surface area contributed by atoms with Crippen LogP contribution in [0.3, 0.4) is 0 Å². The summed E-state index contributed by atoms with van der Waals surface area (Å²) in [5.41, 5.74) is 2.14. The third kappa shape index (κ3) is 2.86. The van der Waals surface area contributed by atoms with E-state index in [-0.39, 0.29) is 0 Å². The van der Waals surface area contributed by atoms with Gasteiger partial charge in [0.2, 0.25) is 5.79 Å². The van der Waals surface area contributed by atoms with Gasteiger partial charge in [-0.15, -0.1) is 0 Å². The number of ether oxygens (including phenoxy) is 4. The molecule has 0 saturated carbocycles. The minimum Gasteiger partial charge on any atom is -0.501 e. The van der Waals surface area contributed by atoms with Crippen molar-refractivity contribution in [1.29, 1.82) is 0 Å². The van der Waals surface area contributed by atoms with Crippen LogP contribution in [0.15, 0.2) is 42.2 Å². The van der Waals surface area contributed by atoms with E-state index in [4.69, 9.17) is 18.9 Å². The van der Waals surface area contributed by atoms with E-state index >= 15 is 0 Å². The van der Waals surface area contributed by atoms with E-state index < -0.39 is 5.79 Å². The molecule has 0 radical (unpaired) electrons. The molecule has 4 nitrogen and oxygen atoms in total. The van der Waals surface area contributed by atoms with E-state index in [1.165, 1.54) is 0 Å². The predicted molar refractivity (Wildman–Crippen MR) is 77.4 cm³/mol. The molecule has 20 heavy (non-hydrogen) atoms. The number of rotatable bonds is 5. The van der Waals surface area contributed by atoms with Crippen molar-refractivity contribution in [1.82, 2.24) is 0 Å². The lowest BCUT2D eigenvalue weighted by Gasteiger charge is -2.30. The number of hydrogen-bond acceptors (Lipinski definition) is 4. The van der Waals surface area contributed by atoms with E-state index in [2.05, 4.69) is 0 Å². The molecule has 0 saturated heterocycles. The van der Waals surface area contributed by atoms with E-state index in [1.807, 2.05) is 36.4 Å². The average Bonchev–Trinajstić information content (AvgIpc) is 2.54. The van der Waals surface area contributed by atoms with Crippen molar-refractivity contribution in [3.63, 3.8) is 0 Å². The topological polar surface area (TPSA) is 36.9 Å². The summed E-state index contributed by atoms with van der Waals surface area (Å²) in [4.78, 5) is 0. The molecule has 0 unspecified atom stereocenters. The van der Waals surface area contributed by atoms with Gasteiger partial charge in [-0.05, 0) is 29.3 Å². The fourth-order valence-corrected chi connectivity index (χ4v) is 2.26. The summed E-state index contributed by atoms with van der Waals surface area (Å²) < 4.78 is 21.6. The maximum atomic E-state index is 5.48. The van der Waals surface area contributed by atoms with Gasteiger partial charge in [0.1, 0.15) is 11.5 Å². The first-order chi connectivity index (χ1) is 9.66. The summed E-state index contributed by atoms with van der Waals surface area (Å²) in [6, 6.07) is 7.89. The van der Waals surface area contributed by atoms with Crippen LogP contribution in [0.25, 0.3) is 5.57 Å². The zero-order valence-electron chi connectivity index (χ0n) is 12.3. The van der Waals surface area contributed by atoms with Crippen LogP contribution in [0.2, 0.25) is 0 Å². The van der Waals surface area contributed by atoms with Crippen molar-refractivity contribution in [2.24, 2.45) is 0 Å². The summed E-state index contributed by atoms with van der Waals surface area (Å²) >= 11 is 0. The Morgan fingerprint density at radius 3 is 2.30 bits per heavy atom. The third-order valence-corrected chi connectivity index (χ3v) is 3.44. The molecule has 0 aromatic heterocycles. The molecule has 108 valence electrons. The highest BCUT2D eigenvalue weighted by molar-refractivity contribution is 5.71. The van der Waals surface area contributed by atoms with Crippen molar-refractivity contribution < 1.29 is 18.9 Å². The molecular formula is C16H20O4. The van der Waals surface area contributed by atoms with Crippen LogP contribution in [0, 0.1) is 0 Å². The first-order valence-electron chi connectivity index (χ1n) is 6.38. The minimum atomic E-state index is -0.887. The Bertz CT molecular complexity index is 527. The van der Waals surface area contributed by atoms with Gasteiger partial charge in [0.15, 0.2) is 0 Å². The highest BCUT2D eigenvalue weighted by Crippen LogP contribution is 2.35. The zero-order chi connectivity index (χ0) is 14.6. The van der Waals surface area contributed by atoms with Crippen LogP contribution in [0.1, 0.15) is 12.0 Å². The summed E-state index contributed by atoms with van der Waals surface area (Å²) in [5.74, 6) is 0.744. The monoisotopic (exact) mass is 276 g/mol. The smallest absolute Gasteiger partial charge is 0.211 e. The fourth-order valence-electron chi connectivity index (χ4n) is 2.26. The van der Waals surface area contributed by atoms with E-state index in [0.29, 0.717) is 6.42 Å². The lowest BCUT2D eigenvalue weighted by atomic mass is 9.93. The normalized spacial score (nSPS) is 17.2. The van der Waals surface area contributed by atoms with Crippen LogP contribution < -0.4 is 4.74 Å². The zero-order valence-corrected chi connectivity index (χ0v) is 12.3. The maximum Gasteiger partial charge on any atom is 0.211 e. The second-order valence-corrected chi connectivity index (χ2v) is 4.52. The highest BCUT2D eigenvalue weighted by atomic mass is 16.7. The van der Waals surface area contributed by atoms with Crippen molar-refractivity contribution in [2.45, 2.75) is 12.2 Å². The lowest BCUT2D eigenvalue weighted by Crippen LogP contribution is -2.31. The first-order valence-corrected chi connectivity index (χ1v) is 6.38. The van der Waals surface area contributed by atoms with E-state index in [9.17, 15) is 0 Å². The van der Waals surface area contributed by atoms with Gasteiger partial charge in [0.05, 0.1) is 14.2 Å². The molecular weight excluding hydrogens is 256 g/mol. The first kappa shape index (κ1) is 14.6. The Morgan fingerprint density at radius 1 is 0.950 bits per heavy atom. The van der Waals surface area contributed by atoms with Gasteiger partial charge in [-0.25, -0.2) is 0 Å². The largest absolute Gasteiger partial charge is 0.501 e. The van der Waals surface area contributed by atoms with Gasteiger partial charge in [-0.3, -0.25) is 0 Å². The Balaban J connectivity index is 2.42. The average molecular weight is 276 g/mol. The van der Waals surface area contributed by atoms with E-state index in [1.54, 1.807) is 28.4 Å². The van der Waals surface area contributed by atoms with Crippen molar-refractivity contribution in [3.8, 4) is 5.75 Å². The Labute approximate surface area is 119 Å². The summed E-state index contributed by atoms with van der Waals surface area (Å²) in [6.07, 6.45) is 4.50. The second-order valence-electron chi connectivity index (χ2n) is 4.52. The molecule has 1 aromatic rings. The van der Waals surface area contributed by atoms with Gasteiger partial charge in [0, 0.05) is 26.7 Å². The second kappa shape index (κ2) is 6.11. The molecule has 0 aliphatic heterocycles. The molecule has 0 amide bonds. The van der Waals surface area contributed by atoms with Crippen molar-refractivity contribution >= 4 is 5.57 Å². The molecule has 0 N–H and O–H groups in total. The fraction of sp³-hybridized carbons (Fsp3) is 0.375. The minimum absolute atomic E-state index is 0.693. The van der Waals surface area contributed by atoms with Gasteiger partial charge >= 0.3 is 0 Å². The van der Waals surface area contributed by atoms with Crippen LogP contribution in [0.4, 0.5) is 0 Å². The summed E-state index contributed by atoms with van der Waals surface area (Å²) in [7, 11) is 6.52. The SMILES string of the molecule is COC1=CC(OC)(OC)C=C(c2cccc(OC)c2)C1. The van der Waals surface area contributed by atoms with Gasteiger partial charge < -0.3 is 18.9 Å². The molecule has 2 rings (SSSR count). The Morgan fingerprint density at radius 2 is 1.70 bits per heavy atom. The van der Waals surface area contributed by atoms with Gasteiger partial charge in [-0.2, -0.15) is 0 Å². The summed E-state index contributed by atoms with van der Waals surface area (Å²) in [5, 5.41) is 0. The van der Waals surface area contributed by atoms with Crippen molar-refractivity contribution in [2.75, 3.05) is 28.4 Å². The molecule has 4 heteroatoms. The van der Waals surface area contributed by atoms with Gasteiger partial charge in [0.25, 0.3) is 0 Å². The molecule has 0 fully saturated rings. The quantitative estimate of drug-likeness (QED) is 0.775. The highest BCUT2D eigenvalue weighted by Gasteiger charge is 2.30. The molecule has 1 aliphatic rings. The molecule has 1 aromatic carbocycles. The summed E-state index contributed by atoms with van der Waals surface area (Å²) in [6.45, 7) is 0. The molecule has 0 atom stereocenters. The number of methoxy groups -OCH3 is 4. The van der Waals surface area contributed by atoms with Crippen LogP contribution in [-0.2, 0) is 14.2 Å². The van der Waals surface area contributed by atoms with Crippen LogP contribution in [0.5, 0.6) is 5.75 Å². The van der Waals surface area contributed by atoms with Crippen molar-refractivity contribution in [3.05, 3.63) is 47.7 Å². The van der Waals surface area contributed by atoms with E-state index in [0.717, 1.165) is 22.6 Å². The molecule has 0 heterocycles. The molecule has 0 bridgehead atoms. The number of allylic oxidation sites excluding steroid dienone is 1. The van der Waals surface area contributed by atoms with Crippen LogP contribution >= 0.6 is 0 Å². The lowest BCUT2D eigenvalue weighted by molar-refractivity contribution is -0.135. The standard InChI is InChI=1S/C16H20O4/c1-17-14-7-5-6-12(8-14)13-9-15(18-2)11-16(10-13,19-3)20-4/h5-8,10-11H,9H2,1-4H3. The molecule has 0 spiro atoms. The Hall–Kier alpha value is -1.78. The third-order valence-electron chi connectivity index (χ3n) is 3.44. The van der Waals surface area contributed by atoms with Gasteiger partial charge in [-0.1, -0.05) is 12.1 Å². The Kier molecular flexibility index (Phi) is 4.47. The molecule has 1 aliphatic carbocycles. The number of benzene rings is 1.